The number of carbonyl (C=O) groups is 1. The number of likely N-dealkylation sites (tertiary alicyclic amines) is 1. The fourth-order valence-corrected chi connectivity index (χ4v) is 3.25. The molecule has 2 heterocycles. The predicted octanol–water partition coefficient (Wildman–Crippen LogP) is 2.36. The van der Waals surface area contributed by atoms with E-state index in [1.165, 1.54) is 37.9 Å². The van der Waals surface area contributed by atoms with Gasteiger partial charge in [0.25, 0.3) is 0 Å². The van der Waals surface area contributed by atoms with Gasteiger partial charge in [-0.3, -0.25) is 9.69 Å². The molecule has 0 saturated carbocycles. The predicted molar refractivity (Wildman–Crippen MR) is 85.2 cm³/mol. The van der Waals surface area contributed by atoms with E-state index < -0.39 is 0 Å². The smallest absolute Gasteiger partial charge is 0.241 e. The Balaban J connectivity index is 1.58. The molecule has 0 bridgehead atoms. The van der Waals surface area contributed by atoms with Gasteiger partial charge in [-0.1, -0.05) is 18.6 Å². The third-order valence-electron chi connectivity index (χ3n) is 4.43. The van der Waals surface area contributed by atoms with Gasteiger partial charge in [0.1, 0.15) is 0 Å². The minimum absolute atomic E-state index is 0.0269. The lowest BCUT2D eigenvalue weighted by Crippen LogP contribution is -2.43. The summed E-state index contributed by atoms with van der Waals surface area (Å²) in [6.07, 6.45) is 5.88. The van der Waals surface area contributed by atoms with Gasteiger partial charge < -0.3 is 10.6 Å². The SMILES string of the molecule is O=C(Nc1cccc(CN2CCCC2)c1)[C@@H]1CCCCN1. The average Bonchev–Trinajstić information content (AvgIpc) is 3.01. The Morgan fingerprint density at radius 1 is 1.24 bits per heavy atom. The van der Waals surface area contributed by atoms with Crippen LogP contribution in [0.4, 0.5) is 5.69 Å². The lowest BCUT2D eigenvalue weighted by Gasteiger charge is -2.22. The monoisotopic (exact) mass is 287 g/mol. The second-order valence-corrected chi connectivity index (χ2v) is 6.18. The van der Waals surface area contributed by atoms with Crippen LogP contribution in [0, 0.1) is 0 Å². The molecule has 2 saturated heterocycles. The summed E-state index contributed by atoms with van der Waals surface area (Å²) >= 11 is 0. The standard InChI is InChI=1S/C17H25N3O/c21-17(16-8-1-2-9-18-16)19-15-7-5-6-14(12-15)13-20-10-3-4-11-20/h5-7,12,16,18H,1-4,8-11,13H2,(H,19,21)/t16-/m0/s1. The Hall–Kier alpha value is -1.39. The molecular weight excluding hydrogens is 262 g/mol. The normalized spacial score (nSPS) is 23.1. The van der Waals surface area contributed by atoms with E-state index in [-0.39, 0.29) is 11.9 Å². The number of benzene rings is 1. The number of rotatable bonds is 4. The minimum Gasteiger partial charge on any atom is -0.325 e. The molecule has 2 aliphatic heterocycles. The topological polar surface area (TPSA) is 44.4 Å². The highest BCUT2D eigenvalue weighted by Gasteiger charge is 2.20. The number of piperidine rings is 1. The molecule has 4 nitrogen and oxygen atoms in total. The highest BCUT2D eigenvalue weighted by atomic mass is 16.2. The van der Waals surface area contributed by atoms with Crippen LogP contribution in [-0.4, -0.2) is 36.5 Å². The van der Waals surface area contributed by atoms with Crippen LogP contribution in [0.15, 0.2) is 24.3 Å². The molecule has 1 amide bonds. The van der Waals surface area contributed by atoms with Gasteiger partial charge in [0.2, 0.25) is 5.91 Å². The number of nitrogens with one attached hydrogen (secondary N) is 2. The lowest BCUT2D eigenvalue weighted by atomic mass is 10.0. The summed E-state index contributed by atoms with van der Waals surface area (Å²) in [6.45, 7) is 4.34. The second kappa shape index (κ2) is 7.05. The Morgan fingerprint density at radius 3 is 2.86 bits per heavy atom. The number of anilines is 1. The number of carbonyl (C=O) groups excluding carboxylic acids is 1. The maximum Gasteiger partial charge on any atom is 0.241 e. The average molecular weight is 287 g/mol. The summed E-state index contributed by atoms with van der Waals surface area (Å²) in [5.41, 5.74) is 2.20. The van der Waals surface area contributed by atoms with Gasteiger partial charge in [-0.25, -0.2) is 0 Å². The van der Waals surface area contributed by atoms with Crippen molar-refractivity contribution >= 4 is 11.6 Å². The van der Waals surface area contributed by atoms with Gasteiger partial charge in [0.15, 0.2) is 0 Å². The van der Waals surface area contributed by atoms with E-state index in [0.29, 0.717) is 0 Å². The van der Waals surface area contributed by atoms with Crippen LogP contribution < -0.4 is 10.6 Å². The summed E-state index contributed by atoms with van der Waals surface area (Å²) in [7, 11) is 0. The molecule has 2 N–H and O–H groups in total. The Bertz CT molecular complexity index is 477. The molecular formula is C17H25N3O. The van der Waals surface area contributed by atoms with E-state index in [1.807, 2.05) is 12.1 Å². The fraction of sp³-hybridized carbons (Fsp3) is 0.588. The first-order valence-electron chi connectivity index (χ1n) is 8.17. The Labute approximate surface area is 126 Å². The van der Waals surface area contributed by atoms with Crippen LogP contribution in [0.3, 0.4) is 0 Å². The molecule has 0 radical (unpaired) electrons. The van der Waals surface area contributed by atoms with Crippen LogP contribution in [0.2, 0.25) is 0 Å². The maximum absolute atomic E-state index is 12.2. The number of amides is 1. The van der Waals surface area contributed by atoms with Gasteiger partial charge in [0.05, 0.1) is 6.04 Å². The lowest BCUT2D eigenvalue weighted by molar-refractivity contribution is -0.118. The summed E-state index contributed by atoms with van der Waals surface area (Å²) in [5, 5.41) is 6.35. The Morgan fingerprint density at radius 2 is 2.10 bits per heavy atom. The van der Waals surface area contributed by atoms with E-state index in [1.54, 1.807) is 0 Å². The number of nitrogens with zero attached hydrogens (tertiary/aromatic N) is 1. The third kappa shape index (κ3) is 4.05. The zero-order valence-electron chi connectivity index (χ0n) is 12.6. The quantitative estimate of drug-likeness (QED) is 0.893. The van der Waals surface area contributed by atoms with Gasteiger partial charge in [-0.15, -0.1) is 0 Å². The molecule has 0 unspecified atom stereocenters. The number of hydrogen-bond acceptors (Lipinski definition) is 3. The van der Waals surface area contributed by atoms with Crippen molar-refractivity contribution in [1.82, 2.24) is 10.2 Å². The maximum atomic E-state index is 12.2. The second-order valence-electron chi connectivity index (χ2n) is 6.18. The van der Waals surface area contributed by atoms with Crippen LogP contribution in [0.1, 0.15) is 37.7 Å². The van der Waals surface area contributed by atoms with Gasteiger partial charge >= 0.3 is 0 Å². The van der Waals surface area contributed by atoms with E-state index in [9.17, 15) is 4.79 Å². The molecule has 0 aliphatic carbocycles. The first-order chi connectivity index (χ1) is 10.3. The van der Waals surface area contributed by atoms with Crippen LogP contribution in [0.5, 0.6) is 0 Å². The van der Waals surface area contributed by atoms with Gasteiger partial charge in [-0.05, 0) is 63.0 Å². The molecule has 3 rings (SSSR count). The zero-order chi connectivity index (χ0) is 14.5. The van der Waals surface area contributed by atoms with Gasteiger partial charge in [0, 0.05) is 12.2 Å². The Kier molecular flexibility index (Phi) is 4.88. The first kappa shape index (κ1) is 14.5. The molecule has 0 aromatic heterocycles. The molecule has 114 valence electrons. The molecule has 1 atom stereocenters. The summed E-state index contributed by atoms with van der Waals surface area (Å²) in [5.74, 6) is 0.105. The van der Waals surface area contributed by atoms with Crippen molar-refractivity contribution in [3.63, 3.8) is 0 Å². The molecule has 1 aromatic carbocycles. The van der Waals surface area contributed by atoms with E-state index in [4.69, 9.17) is 0 Å². The van der Waals surface area contributed by atoms with Crippen molar-refractivity contribution in [3.05, 3.63) is 29.8 Å². The molecule has 4 heteroatoms. The van der Waals surface area contributed by atoms with Crippen LogP contribution in [0.25, 0.3) is 0 Å². The van der Waals surface area contributed by atoms with Gasteiger partial charge in [-0.2, -0.15) is 0 Å². The third-order valence-corrected chi connectivity index (χ3v) is 4.43. The summed E-state index contributed by atoms with van der Waals surface area (Å²) < 4.78 is 0. The number of hydrogen-bond donors (Lipinski definition) is 2. The zero-order valence-corrected chi connectivity index (χ0v) is 12.6. The van der Waals surface area contributed by atoms with Crippen molar-refractivity contribution in [2.45, 2.75) is 44.7 Å². The van der Waals surface area contributed by atoms with Crippen molar-refractivity contribution < 1.29 is 4.79 Å². The highest BCUT2D eigenvalue weighted by molar-refractivity contribution is 5.94. The molecule has 2 fully saturated rings. The highest BCUT2D eigenvalue weighted by Crippen LogP contribution is 2.17. The molecule has 1 aromatic rings. The van der Waals surface area contributed by atoms with Crippen molar-refractivity contribution in [2.75, 3.05) is 25.0 Å². The van der Waals surface area contributed by atoms with E-state index in [2.05, 4.69) is 27.7 Å². The van der Waals surface area contributed by atoms with Crippen LogP contribution >= 0.6 is 0 Å². The summed E-state index contributed by atoms with van der Waals surface area (Å²) in [6, 6.07) is 8.25. The molecule has 2 aliphatic rings. The first-order valence-corrected chi connectivity index (χ1v) is 8.17. The molecule has 0 spiro atoms. The minimum atomic E-state index is -0.0269. The van der Waals surface area contributed by atoms with Crippen molar-refractivity contribution in [3.8, 4) is 0 Å². The largest absolute Gasteiger partial charge is 0.325 e. The van der Waals surface area contributed by atoms with E-state index >= 15 is 0 Å². The summed E-state index contributed by atoms with van der Waals surface area (Å²) in [4.78, 5) is 14.7. The van der Waals surface area contributed by atoms with E-state index in [0.717, 1.165) is 31.6 Å². The van der Waals surface area contributed by atoms with Crippen molar-refractivity contribution in [2.24, 2.45) is 0 Å². The fourth-order valence-electron chi connectivity index (χ4n) is 3.25. The van der Waals surface area contributed by atoms with Crippen LogP contribution in [-0.2, 0) is 11.3 Å². The van der Waals surface area contributed by atoms with Crippen molar-refractivity contribution in [1.29, 1.82) is 0 Å². The molecule has 21 heavy (non-hydrogen) atoms.